The number of aromatic nitrogens is 1. The van der Waals surface area contributed by atoms with Crippen LogP contribution in [-0.2, 0) is 6.42 Å². The molecule has 1 fully saturated rings. The maximum atomic E-state index is 10.5. The van der Waals surface area contributed by atoms with Gasteiger partial charge in [0.25, 0.3) is 0 Å². The molecule has 5 rings (SSSR count). The van der Waals surface area contributed by atoms with E-state index in [1.165, 1.54) is 36.0 Å². The van der Waals surface area contributed by atoms with Crippen LogP contribution in [0.25, 0.3) is 16.8 Å². The van der Waals surface area contributed by atoms with Gasteiger partial charge < -0.3 is 5.11 Å². The molecule has 1 N–H and O–H groups in total. The minimum absolute atomic E-state index is 0.437. The van der Waals surface area contributed by atoms with Gasteiger partial charge in [-0.15, -0.1) is 0 Å². The van der Waals surface area contributed by atoms with E-state index in [0.29, 0.717) is 17.8 Å². The molecule has 3 nitrogen and oxygen atoms in total. The number of aliphatic hydroxyl groups is 1. The van der Waals surface area contributed by atoms with Crippen LogP contribution in [0.3, 0.4) is 0 Å². The molecule has 102 valence electrons. The van der Waals surface area contributed by atoms with Crippen molar-refractivity contribution >= 4 is 16.8 Å². The highest BCUT2D eigenvalue weighted by molar-refractivity contribution is 5.89. The van der Waals surface area contributed by atoms with E-state index in [9.17, 15) is 5.11 Å². The lowest BCUT2D eigenvalue weighted by Crippen LogP contribution is -2.45. The number of benzene rings is 1. The van der Waals surface area contributed by atoms with Crippen LogP contribution < -0.4 is 0 Å². The van der Waals surface area contributed by atoms with Gasteiger partial charge in [-0.3, -0.25) is 9.47 Å². The lowest BCUT2D eigenvalue weighted by molar-refractivity contribution is 0.0948. The highest BCUT2D eigenvalue weighted by atomic mass is 16.3. The summed E-state index contributed by atoms with van der Waals surface area (Å²) < 4.78 is 2.10. The summed E-state index contributed by atoms with van der Waals surface area (Å²) in [6, 6.07) is 8.99. The van der Waals surface area contributed by atoms with Crippen molar-refractivity contribution in [2.75, 3.05) is 13.1 Å². The van der Waals surface area contributed by atoms with Gasteiger partial charge in [0, 0.05) is 23.5 Å². The molecule has 0 saturated carbocycles. The Balaban J connectivity index is 1.89. The third kappa shape index (κ3) is 1.20. The van der Waals surface area contributed by atoms with Crippen molar-refractivity contribution < 1.29 is 5.11 Å². The van der Waals surface area contributed by atoms with E-state index in [1.807, 2.05) is 0 Å². The first kappa shape index (κ1) is 11.0. The zero-order chi connectivity index (χ0) is 13.3. The van der Waals surface area contributed by atoms with Crippen molar-refractivity contribution in [3.8, 4) is 0 Å². The van der Waals surface area contributed by atoms with E-state index in [-0.39, 0.29) is 0 Å². The van der Waals surface area contributed by atoms with Gasteiger partial charge in [-0.2, -0.15) is 0 Å². The monoisotopic (exact) mass is 266 g/mol. The van der Waals surface area contributed by atoms with Crippen molar-refractivity contribution in [1.82, 2.24) is 9.47 Å². The lowest BCUT2D eigenvalue weighted by atomic mass is 9.81. The van der Waals surface area contributed by atoms with Crippen LogP contribution in [0.2, 0.25) is 0 Å². The quantitative estimate of drug-likeness (QED) is 0.792. The number of hydrogen-bond donors (Lipinski definition) is 1. The summed E-state index contributed by atoms with van der Waals surface area (Å²) >= 11 is 0. The first-order valence-corrected chi connectivity index (χ1v) is 7.62. The van der Waals surface area contributed by atoms with Crippen LogP contribution in [0, 0.1) is 5.92 Å². The Bertz CT molecular complexity index is 743. The molecular weight excluding hydrogens is 248 g/mol. The molecule has 3 aliphatic rings. The third-order valence-electron chi connectivity index (χ3n) is 5.32. The largest absolute Gasteiger partial charge is 0.494 e. The molecule has 4 heterocycles. The normalized spacial score (nSPS) is 28.3. The molecule has 1 aromatic carbocycles. The molecule has 1 saturated heterocycles. The van der Waals surface area contributed by atoms with Crippen LogP contribution in [-0.4, -0.2) is 27.7 Å². The van der Waals surface area contributed by atoms with Crippen LogP contribution in [0.5, 0.6) is 0 Å². The first-order chi connectivity index (χ1) is 9.84. The highest BCUT2D eigenvalue weighted by Gasteiger charge is 2.42. The summed E-state index contributed by atoms with van der Waals surface area (Å²) in [5, 5.41) is 11.9. The van der Waals surface area contributed by atoms with Crippen molar-refractivity contribution in [3.63, 3.8) is 0 Å². The predicted octanol–water partition coefficient (Wildman–Crippen LogP) is 3.32. The fraction of sp³-hybridized carbons (Fsp3) is 0.412. The van der Waals surface area contributed by atoms with Gasteiger partial charge >= 0.3 is 0 Å². The van der Waals surface area contributed by atoms with Gasteiger partial charge in [-0.25, -0.2) is 0 Å². The molecule has 2 atom stereocenters. The molecule has 2 aromatic rings. The summed E-state index contributed by atoms with van der Waals surface area (Å²) in [6.07, 6.45) is 5.65. The molecule has 3 aliphatic heterocycles. The average molecular weight is 266 g/mol. The Morgan fingerprint density at radius 2 is 2.05 bits per heavy atom. The van der Waals surface area contributed by atoms with E-state index >= 15 is 0 Å². The smallest absolute Gasteiger partial charge is 0.192 e. The van der Waals surface area contributed by atoms with Crippen molar-refractivity contribution in [1.29, 1.82) is 0 Å². The van der Waals surface area contributed by atoms with E-state index in [0.717, 1.165) is 18.5 Å². The van der Waals surface area contributed by atoms with Crippen molar-refractivity contribution in [3.05, 3.63) is 41.6 Å². The second-order valence-corrected chi connectivity index (χ2v) is 6.28. The molecule has 0 aliphatic carbocycles. The number of piperidine rings is 1. The van der Waals surface area contributed by atoms with Gasteiger partial charge in [0.15, 0.2) is 5.88 Å². The Hall–Kier alpha value is -1.74. The molecule has 0 amide bonds. The summed E-state index contributed by atoms with van der Waals surface area (Å²) in [7, 11) is 0. The first-order valence-electron chi connectivity index (χ1n) is 7.62. The van der Waals surface area contributed by atoms with Crippen LogP contribution in [0.4, 0.5) is 0 Å². The predicted molar refractivity (Wildman–Crippen MR) is 79.6 cm³/mol. The van der Waals surface area contributed by atoms with Gasteiger partial charge in [-0.1, -0.05) is 18.2 Å². The highest BCUT2D eigenvalue weighted by Crippen LogP contribution is 2.48. The van der Waals surface area contributed by atoms with Crippen LogP contribution in [0.1, 0.15) is 30.1 Å². The Morgan fingerprint density at radius 1 is 1.15 bits per heavy atom. The topological polar surface area (TPSA) is 28.4 Å². The van der Waals surface area contributed by atoms with Crippen molar-refractivity contribution in [2.24, 2.45) is 5.92 Å². The fourth-order valence-electron chi connectivity index (χ4n) is 4.57. The van der Waals surface area contributed by atoms with Crippen molar-refractivity contribution in [2.45, 2.75) is 25.3 Å². The average Bonchev–Trinajstić information content (AvgIpc) is 2.82. The van der Waals surface area contributed by atoms with E-state index in [4.69, 9.17) is 0 Å². The maximum Gasteiger partial charge on any atom is 0.192 e. The number of fused-ring (bicyclic) bond motifs is 3. The van der Waals surface area contributed by atoms with Gasteiger partial charge in [0.05, 0.1) is 11.6 Å². The maximum absolute atomic E-state index is 10.5. The lowest BCUT2D eigenvalue weighted by Gasteiger charge is -2.45. The number of para-hydroxylation sites is 1. The van der Waals surface area contributed by atoms with Crippen LogP contribution in [0.15, 0.2) is 30.3 Å². The van der Waals surface area contributed by atoms with E-state index in [2.05, 4.69) is 39.8 Å². The molecule has 0 spiro atoms. The molecule has 0 unspecified atom stereocenters. The Labute approximate surface area is 118 Å². The molecule has 0 bridgehead atoms. The molecule has 1 aromatic heterocycles. The standard InChI is InChI=1S/C17H18N2O/c20-15-10-11-4-3-8-18-9-7-13-12-5-1-2-6-14(12)19(15)17(13)16(11)18/h1-2,5-6,10-11,16,20H,3-4,7-9H2/t11-,16-/m1/s1. The summed E-state index contributed by atoms with van der Waals surface area (Å²) in [4.78, 5) is 2.62. The van der Waals surface area contributed by atoms with Gasteiger partial charge in [0.2, 0.25) is 0 Å². The number of rotatable bonds is 0. The summed E-state index contributed by atoms with van der Waals surface area (Å²) in [5.41, 5.74) is 3.99. The molecular formula is C17H18N2O. The van der Waals surface area contributed by atoms with E-state index < -0.39 is 0 Å². The SMILES string of the molecule is OC1=C[C@H]2CCCN3CCc4c(n1c1ccccc41)[C@@H]23. The molecule has 0 radical (unpaired) electrons. The summed E-state index contributed by atoms with van der Waals surface area (Å²) in [5.74, 6) is 0.923. The molecule has 3 heteroatoms. The second-order valence-electron chi connectivity index (χ2n) is 6.28. The minimum atomic E-state index is 0.437. The zero-order valence-corrected chi connectivity index (χ0v) is 11.4. The Kier molecular flexibility index (Phi) is 2.01. The molecule has 20 heavy (non-hydrogen) atoms. The Morgan fingerprint density at radius 3 is 3.00 bits per heavy atom. The fourth-order valence-corrected chi connectivity index (χ4v) is 4.57. The van der Waals surface area contributed by atoms with Gasteiger partial charge in [0.1, 0.15) is 0 Å². The second kappa shape index (κ2) is 3.67. The number of aliphatic hydroxyl groups excluding tert-OH is 1. The summed E-state index contributed by atoms with van der Waals surface area (Å²) in [6.45, 7) is 2.37. The number of nitrogens with zero attached hydrogens (tertiary/aromatic N) is 2. The minimum Gasteiger partial charge on any atom is -0.494 e. The number of hydrogen-bond acceptors (Lipinski definition) is 2. The van der Waals surface area contributed by atoms with Gasteiger partial charge in [-0.05, 0) is 43.5 Å². The van der Waals surface area contributed by atoms with Crippen LogP contribution >= 0.6 is 0 Å². The zero-order valence-electron chi connectivity index (χ0n) is 11.4. The third-order valence-corrected chi connectivity index (χ3v) is 5.32. The van der Waals surface area contributed by atoms with E-state index in [1.54, 1.807) is 0 Å².